The molecule has 4 N–H and O–H groups in total. The third-order valence-electron chi connectivity index (χ3n) is 6.68. The van der Waals surface area contributed by atoms with Crippen molar-refractivity contribution < 1.29 is 14.4 Å². The number of carbonyl (C=O) groups excluding carboxylic acids is 3. The van der Waals surface area contributed by atoms with Crippen molar-refractivity contribution in [1.82, 2.24) is 10.6 Å². The van der Waals surface area contributed by atoms with Crippen LogP contribution < -0.4 is 16.4 Å². The molecule has 1 aromatic rings. The molecule has 1 aliphatic rings. The van der Waals surface area contributed by atoms with Crippen LogP contribution in [0.3, 0.4) is 0 Å². The summed E-state index contributed by atoms with van der Waals surface area (Å²) in [6, 6.07) is 8.36. The Kier molecular flexibility index (Phi) is 8.49. The van der Waals surface area contributed by atoms with Crippen molar-refractivity contribution in [2.45, 2.75) is 85.7 Å². The molecule has 178 valence electrons. The summed E-state index contributed by atoms with van der Waals surface area (Å²) < 4.78 is 0. The lowest BCUT2D eigenvalue weighted by atomic mass is 9.71. The van der Waals surface area contributed by atoms with Crippen LogP contribution in [-0.4, -0.2) is 23.8 Å². The predicted octanol–water partition coefficient (Wildman–Crippen LogP) is 4.10. The molecular weight excluding hydrogens is 402 g/mol. The fourth-order valence-corrected chi connectivity index (χ4v) is 4.62. The van der Waals surface area contributed by atoms with E-state index in [1.54, 1.807) is 12.1 Å². The van der Waals surface area contributed by atoms with Gasteiger partial charge in [-0.05, 0) is 43.6 Å². The van der Waals surface area contributed by atoms with Gasteiger partial charge in [0.2, 0.25) is 17.7 Å². The Morgan fingerprint density at radius 1 is 1.00 bits per heavy atom. The van der Waals surface area contributed by atoms with E-state index in [9.17, 15) is 14.4 Å². The van der Waals surface area contributed by atoms with Gasteiger partial charge in [0.15, 0.2) is 0 Å². The van der Waals surface area contributed by atoms with Crippen molar-refractivity contribution in [3.63, 3.8) is 0 Å². The molecule has 0 aliphatic heterocycles. The van der Waals surface area contributed by atoms with Crippen molar-refractivity contribution >= 4 is 17.7 Å². The first-order valence-electron chi connectivity index (χ1n) is 11.8. The Morgan fingerprint density at radius 3 is 2.19 bits per heavy atom. The summed E-state index contributed by atoms with van der Waals surface area (Å²) in [6.07, 6.45) is 4.98. The van der Waals surface area contributed by atoms with Crippen LogP contribution in [0.5, 0.6) is 0 Å². The summed E-state index contributed by atoms with van der Waals surface area (Å²) in [7, 11) is 0. The summed E-state index contributed by atoms with van der Waals surface area (Å²) in [4.78, 5) is 37.5. The van der Waals surface area contributed by atoms with Gasteiger partial charge in [-0.15, -0.1) is 0 Å². The van der Waals surface area contributed by atoms with Gasteiger partial charge in [-0.3, -0.25) is 14.4 Å². The molecule has 1 saturated carbocycles. The van der Waals surface area contributed by atoms with Crippen molar-refractivity contribution in [3.8, 4) is 0 Å². The van der Waals surface area contributed by atoms with Crippen molar-refractivity contribution in [2.24, 2.45) is 28.4 Å². The molecule has 2 unspecified atom stereocenters. The zero-order chi connectivity index (χ0) is 24.1. The van der Waals surface area contributed by atoms with Crippen molar-refractivity contribution in [2.75, 3.05) is 0 Å². The summed E-state index contributed by atoms with van der Waals surface area (Å²) in [5, 5.41) is 6.05. The average Bonchev–Trinajstić information content (AvgIpc) is 2.71. The van der Waals surface area contributed by atoms with E-state index < -0.39 is 22.8 Å². The zero-order valence-corrected chi connectivity index (χ0v) is 20.5. The summed E-state index contributed by atoms with van der Waals surface area (Å²) >= 11 is 0. The monoisotopic (exact) mass is 443 g/mol. The van der Waals surface area contributed by atoms with Crippen molar-refractivity contribution in [3.05, 3.63) is 35.9 Å². The van der Waals surface area contributed by atoms with E-state index in [0.717, 1.165) is 32.1 Å². The van der Waals surface area contributed by atoms with E-state index in [0.29, 0.717) is 17.4 Å². The maximum atomic E-state index is 13.1. The van der Waals surface area contributed by atoms with Crippen LogP contribution in [0.15, 0.2) is 30.3 Å². The number of benzene rings is 1. The average molecular weight is 444 g/mol. The molecule has 4 atom stereocenters. The number of rotatable bonds is 8. The van der Waals surface area contributed by atoms with Gasteiger partial charge in [0, 0.05) is 16.9 Å². The minimum Gasteiger partial charge on any atom is -0.368 e. The highest BCUT2D eigenvalue weighted by atomic mass is 16.2. The van der Waals surface area contributed by atoms with Gasteiger partial charge in [0.1, 0.15) is 6.04 Å². The highest BCUT2D eigenvalue weighted by Crippen LogP contribution is 2.38. The minimum atomic E-state index is -0.838. The normalized spacial score (nSPS) is 21.3. The molecule has 0 radical (unpaired) electrons. The van der Waals surface area contributed by atoms with Crippen LogP contribution in [0, 0.1) is 22.7 Å². The molecule has 2 rings (SSSR count). The molecule has 0 aromatic heterocycles. The van der Waals surface area contributed by atoms with E-state index >= 15 is 0 Å². The molecule has 0 saturated heterocycles. The summed E-state index contributed by atoms with van der Waals surface area (Å²) in [5.74, 6) is 0.141. The van der Waals surface area contributed by atoms with Crippen LogP contribution in [0.1, 0.15) is 85.3 Å². The SMILES string of the molecule is C[C@@H](NC(=O)C(C)(C)C)C1CCCC(CC(C)(C)C(=O)N[C@@H](C(N)=O)c2ccccc2)C1. The smallest absolute Gasteiger partial charge is 0.244 e. The molecule has 6 nitrogen and oxygen atoms in total. The minimum absolute atomic E-state index is 0.0743. The Hall–Kier alpha value is -2.37. The summed E-state index contributed by atoms with van der Waals surface area (Å²) in [5.41, 5.74) is 5.23. The number of hydrogen-bond acceptors (Lipinski definition) is 3. The highest BCUT2D eigenvalue weighted by Gasteiger charge is 2.36. The van der Waals surface area contributed by atoms with E-state index in [1.807, 2.05) is 52.8 Å². The lowest BCUT2D eigenvalue weighted by Crippen LogP contribution is -2.46. The Balaban J connectivity index is 1.99. The van der Waals surface area contributed by atoms with Crippen LogP contribution >= 0.6 is 0 Å². The van der Waals surface area contributed by atoms with E-state index in [4.69, 9.17) is 5.73 Å². The molecule has 0 heterocycles. The number of amides is 3. The Labute approximate surface area is 193 Å². The van der Waals surface area contributed by atoms with Crippen molar-refractivity contribution in [1.29, 1.82) is 0 Å². The van der Waals surface area contributed by atoms with Gasteiger partial charge in [-0.25, -0.2) is 0 Å². The lowest BCUT2D eigenvalue weighted by molar-refractivity contribution is -0.134. The van der Waals surface area contributed by atoms with E-state index in [-0.39, 0.29) is 17.9 Å². The Bertz CT molecular complexity index is 798. The van der Waals surface area contributed by atoms with Crippen LogP contribution in [0.25, 0.3) is 0 Å². The molecule has 6 heteroatoms. The van der Waals surface area contributed by atoms with Gasteiger partial charge in [0.25, 0.3) is 0 Å². The van der Waals surface area contributed by atoms with Gasteiger partial charge in [0.05, 0.1) is 0 Å². The number of hydrogen-bond donors (Lipinski definition) is 3. The van der Waals surface area contributed by atoms with Gasteiger partial charge < -0.3 is 16.4 Å². The number of primary amides is 1. The maximum Gasteiger partial charge on any atom is 0.244 e. The predicted molar refractivity (Wildman–Crippen MR) is 127 cm³/mol. The largest absolute Gasteiger partial charge is 0.368 e. The number of nitrogens with one attached hydrogen (secondary N) is 2. The molecule has 0 spiro atoms. The maximum absolute atomic E-state index is 13.1. The topological polar surface area (TPSA) is 101 Å². The molecular formula is C26H41N3O3. The second-order valence-electron chi connectivity index (χ2n) is 11.1. The second-order valence-corrected chi connectivity index (χ2v) is 11.1. The third-order valence-corrected chi connectivity index (χ3v) is 6.68. The quantitative estimate of drug-likeness (QED) is 0.564. The molecule has 32 heavy (non-hydrogen) atoms. The number of nitrogens with two attached hydrogens (primary N) is 1. The first-order chi connectivity index (χ1) is 14.8. The molecule has 3 amide bonds. The second kappa shape index (κ2) is 10.5. The van der Waals surface area contributed by atoms with Crippen LogP contribution in [0.4, 0.5) is 0 Å². The molecule has 0 bridgehead atoms. The van der Waals surface area contributed by atoms with Gasteiger partial charge >= 0.3 is 0 Å². The number of carbonyl (C=O) groups is 3. The highest BCUT2D eigenvalue weighted by molar-refractivity contribution is 5.89. The standard InChI is InChI=1S/C26H41N3O3/c1-17(28-23(31)25(2,3)4)20-14-10-11-18(15-20)16-26(5,6)24(32)29-21(22(27)30)19-12-8-7-9-13-19/h7-9,12-13,17-18,20-21H,10-11,14-16H2,1-6H3,(H2,27,30)(H,28,31)(H,29,32)/t17-,18?,20?,21-/m1/s1. The van der Waals surface area contributed by atoms with Crippen LogP contribution in [0.2, 0.25) is 0 Å². The molecule has 1 fully saturated rings. The first-order valence-corrected chi connectivity index (χ1v) is 11.8. The van der Waals surface area contributed by atoms with Gasteiger partial charge in [-0.1, -0.05) is 77.8 Å². The van der Waals surface area contributed by atoms with Crippen LogP contribution in [-0.2, 0) is 14.4 Å². The Morgan fingerprint density at radius 2 is 1.62 bits per heavy atom. The van der Waals surface area contributed by atoms with E-state index in [1.165, 1.54) is 0 Å². The lowest BCUT2D eigenvalue weighted by Gasteiger charge is -2.37. The molecule has 1 aliphatic carbocycles. The fourth-order valence-electron chi connectivity index (χ4n) is 4.62. The van der Waals surface area contributed by atoms with Gasteiger partial charge in [-0.2, -0.15) is 0 Å². The van der Waals surface area contributed by atoms with E-state index in [2.05, 4.69) is 17.6 Å². The zero-order valence-electron chi connectivity index (χ0n) is 20.5. The summed E-state index contributed by atoms with van der Waals surface area (Å²) in [6.45, 7) is 11.7. The molecule has 1 aromatic carbocycles. The first kappa shape index (κ1) is 25.9. The third kappa shape index (κ3) is 7.07. The fraction of sp³-hybridized carbons (Fsp3) is 0.654.